The number of amides is 2. The van der Waals surface area contributed by atoms with Gasteiger partial charge in [0.05, 0.1) is 0 Å². The van der Waals surface area contributed by atoms with Crippen molar-refractivity contribution in [2.75, 3.05) is 0 Å². The first-order chi connectivity index (χ1) is 9.47. The zero-order valence-corrected chi connectivity index (χ0v) is 11.1. The van der Waals surface area contributed by atoms with Crippen molar-refractivity contribution in [3.05, 3.63) is 47.5 Å². The molecule has 0 fully saturated rings. The lowest BCUT2D eigenvalue weighted by atomic mass is 9.84. The van der Waals surface area contributed by atoms with Gasteiger partial charge in [-0.3, -0.25) is 14.5 Å². The Morgan fingerprint density at radius 3 is 2.45 bits per heavy atom. The summed E-state index contributed by atoms with van der Waals surface area (Å²) in [5.74, 6) is -1.45. The number of ether oxygens (including phenoxy) is 1. The second-order valence-corrected chi connectivity index (χ2v) is 5.11. The third-order valence-electron chi connectivity index (χ3n) is 3.55. The highest BCUT2D eigenvalue weighted by molar-refractivity contribution is 6.15. The summed E-state index contributed by atoms with van der Waals surface area (Å²) in [4.78, 5) is 37.7. The smallest absolute Gasteiger partial charge is 0.332 e. The molecule has 1 aromatic rings. The summed E-state index contributed by atoms with van der Waals surface area (Å²) in [5, 5.41) is 0. The SMILES string of the molecule is CC(C)N1C(=O)c2ccccc2C2(C=CC(=O)O2)C1=O. The summed E-state index contributed by atoms with van der Waals surface area (Å²) < 4.78 is 5.26. The van der Waals surface area contributed by atoms with Gasteiger partial charge in [0.2, 0.25) is 5.60 Å². The number of imide groups is 1. The van der Waals surface area contributed by atoms with E-state index in [9.17, 15) is 14.4 Å². The molecule has 0 saturated heterocycles. The Morgan fingerprint density at radius 1 is 1.15 bits per heavy atom. The third kappa shape index (κ3) is 1.46. The van der Waals surface area contributed by atoms with E-state index >= 15 is 0 Å². The van der Waals surface area contributed by atoms with E-state index in [0.29, 0.717) is 11.1 Å². The Bertz CT molecular complexity index is 662. The maximum absolute atomic E-state index is 12.7. The predicted molar refractivity (Wildman–Crippen MR) is 69.7 cm³/mol. The number of hydrogen-bond acceptors (Lipinski definition) is 4. The Labute approximate surface area is 115 Å². The first-order valence-electron chi connectivity index (χ1n) is 6.37. The summed E-state index contributed by atoms with van der Waals surface area (Å²) in [7, 11) is 0. The molecule has 102 valence electrons. The van der Waals surface area contributed by atoms with Crippen LogP contribution in [0, 0.1) is 0 Å². The highest BCUT2D eigenvalue weighted by Crippen LogP contribution is 2.40. The van der Waals surface area contributed by atoms with Crippen molar-refractivity contribution in [2.24, 2.45) is 0 Å². The first-order valence-corrected chi connectivity index (χ1v) is 6.37. The van der Waals surface area contributed by atoms with E-state index in [1.54, 1.807) is 38.1 Å². The number of esters is 1. The standard InChI is InChI=1S/C15H13NO4/c1-9(2)16-13(18)10-5-3-4-6-11(10)15(14(16)19)8-7-12(17)20-15/h3-9H,1-2H3. The Morgan fingerprint density at radius 2 is 1.85 bits per heavy atom. The van der Waals surface area contributed by atoms with E-state index in [1.165, 1.54) is 12.2 Å². The molecule has 0 bridgehead atoms. The molecule has 0 aromatic heterocycles. The monoisotopic (exact) mass is 271 g/mol. The van der Waals surface area contributed by atoms with Gasteiger partial charge in [-0.1, -0.05) is 18.2 Å². The van der Waals surface area contributed by atoms with Gasteiger partial charge in [-0.05, 0) is 26.0 Å². The zero-order chi connectivity index (χ0) is 14.5. The fourth-order valence-electron chi connectivity index (χ4n) is 2.65. The van der Waals surface area contributed by atoms with Crippen molar-refractivity contribution in [3.8, 4) is 0 Å². The molecule has 0 aliphatic carbocycles. The fraction of sp³-hybridized carbons (Fsp3) is 0.267. The molecule has 2 aliphatic heterocycles. The van der Waals surface area contributed by atoms with E-state index < -0.39 is 17.5 Å². The minimum Gasteiger partial charge on any atom is -0.436 e. The number of hydrogen-bond donors (Lipinski definition) is 0. The predicted octanol–water partition coefficient (Wildman–Crippen LogP) is 1.39. The summed E-state index contributed by atoms with van der Waals surface area (Å²) in [6.45, 7) is 3.50. The van der Waals surface area contributed by atoms with Crippen LogP contribution in [0.5, 0.6) is 0 Å². The van der Waals surface area contributed by atoms with Gasteiger partial charge in [-0.2, -0.15) is 0 Å². The topological polar surface area (TPSA) is 63.7 Å². The average Bonchev–Trinajstić information content (AvgIpc) is 2.80. The fourth-order valence-corrected chi connectivity index (χ4v) is 2.65. The molecule has 2 heterocycles. The van der Waals surface area contributed by atoms with Gasteiger partial charge in [0.25, 0.3) is 11.8 Å². The molecule has 1 spiro atoms. The second kappa shape index (κ2) is 4.03. The number of benzene rings is 1. The molecule has 2 aliphatic rings. The molecule has 1 aromatic carbocycles. The summed E-state index contributed by atoms with van der Waals surface area (Å²) in [6, 6.07) is 6.41. The number of rotatable bonds is 1. The molecule has 1 unspecified atom stereocenters. The van der Waals surface area contributed by atoms with Gasteiger partial charge in [-0.15, -0.1) is 0 Å². The molecule has 1 atom stereocenters. The molecular weight excluding hydrogens is 258 g/mol. The minimum atomic E-state index is -1.49. The Kier molecular flexibility index (Phi) is 2.54. The van der Waals surface area contributed by atoms with Crippen LogP contribution in [0.3, 0.4) is 0 Å². The maximum Gasteiger partial charge on any atom is 0.332 e. The summed E-state index contributed by atoms with van der Waals surface area (Å²) in [6.07, 6.45) is 2.65. The van der Waals surface area contributed by atoms with Crippen LogP contribution in [-0.4, -0.2) is 28.7 Å². The van der Waals surface area contributed by atoms with Crippen LogP contribution >= 0.6 is 0 Å². The highest BCUT2D eigenvalue weighted by Gasteiger charge is 2.54. The normalized spacial score (nSPS) is 24.6. The van der Waals surface area contributed by atoms with Gasteiger partial charge in [0, 0.05) is 23.2 Å². The number of fused-ring (bicyclic) bond motifs is 2. The van der Waals surface area contributed by atoms with Crippen LogP contribution in [0.2, 0.25) is 0 Å². The molecular formula is C15H13NO4. The number of nitrogens with zero attached hydrogens (tertiary/aromatic N) is 1. The Hall–Kier alpha value is -2.43. The van der Waals surface area contributed by atoms with Crippen LogP contribution < -0.4 is 0 Å². The number of carbonyl (C=O) groups is 3. The van der Waals surface area contributed by atoms with Crippen molar-refractivity contribution < 1.29 is 19.1 Å². The third-order valence-corrected chi connectivity index (χ3v) is 3.55. The van der Waals surface area contributed by atoms with E-state index in [2.05, 4.69) is 0 Å². The van der Waals surface area contributed by atoms with Crippen LogP contribution in [0.25, 0.3) is 0 Å². The second-order valence-electron chi connectivity index (χ2n) is 5.11. The van der Waals surface area contributed by atoms with Crippen molar-refractivity contribution >= 4 is 17.8 Å². The average molecular weight is 271 g/mol. The first kappa shape index (κ1) is 12.6. The van der Waals surface area contributed by atoms with Crippen LogP contribution in [0.1, 0.15) is 29.8 Å². The van der Waals surface area contributed by atoms with Gasteiger partial charge >= 0.3 is 5.97 Å². The van der Waals surface area contributed by atoms with E-state index in [4.69, 9.17) is 4.74 Å². The molecule has 5 heteroatoms. The van der Waals surface area contributed by atoms with Crippen molar-refractivity contribution in [1.82, 2.24) is 4.90 Å². The lowest BCUT2D eigenvalue weighted by Crippen LogP contribution is -2.56. The lowest BCUT2D eigenvalue weighted by Gasteiger charge is -2.39. The molecule has 0 saturated carbocycles. The molecule has 3 rings (SSSR count). The van der Waals surface area contributed by atoms with Crippen molar-refractivity contribution in [2.45, 2.75) is 25.5 Å². The molecule has 0 N–H and O–H groups in total. The minimum absolute atomic E-state index is 0.312. The Balaban J connectivity index is 2.27. The van der Waals surface area contributed by atoms with Gasteiger partial charge in [-0.25, -0.2) is 4.79 Å². The van der Waals surface area contributed by atoms with Crippen LogP contribution in [0.4, 0.5) is 0 Å². The van der Waals surface area contributed by atoms with E-state index in [-0.39, 0.29) is 11.9 Å². The van der Waals surface area contributed by atoms with Crippen LogP contribution in [-0.2, 0) is 19.9 Å². The van der Waals surface area contributed by atoms with E-state index in [1.807, 2.05) is 0 Å². The highest BCUT2D eigenvalue weighted by atomic mass is 16.6. The number of carbonyl (C=O) groups excluding carboxylic acids is 3. The van der Waals surface area contributed by atoms with Crippen molar-refractivity contribution in [1.29, 1.82) is 0 Å². The molecule has 0 radical (unpaired) electrons. The van der Waals surface area contributed by atoms with Gasteiger partial charge < -0.3 is 4.74 Å². The molecule has 5 nitrogen and oxygen atoms in total. The largest absolute Gasteiger partial charge is 0.436 e. The quantitative estimate of drug-likeness (QED) is 0.572. The van der Waals surface area contributed by atoms with Crippen molar-refractivity contribution in [3.63, 3.8) is 0 Å². The van der Waals surface area contributed by atoms with Gasteiger partial charge in [0.1, 0.15) is 0 Å². The van der Waals surface area contributed by atoms with Crippen LogP contribution in [0.15, 0.2) is 36.4 Å². The maximum atomic E-state index is 12.7. The lowest BCUT2D eigenvalue weighted by molar-refractivity contribution is -0.163. The molecule has 2 amide bonds. The molecule has 20 heavy (non-hydrogen) atoms. The summed E-state index contributed by atoms with van der Waals surface area (Å²) >= 11 is 0. The van der Waals surface area contributed by atoms with E-state index in [0.717, 1.165) is 4.90 Å². The van der Waals surface area contributed by atoms with Gasteiger partial charge in [0.15, 0.2) is 0 Å². The summed E-state index contributed by atoms with van der Waals surface area (Å²) in [5.41, 5.74) is -0.680. The zero-order valence-electron chi connectivity index (χ0n) is 11.1.